The Morgan fingerprint density at radius 1 is 1.11 bits per heavy atom. The fourth-order valence-corrected chi connectivity index (χ4v) is 2.28. The van der Waals surface area contributed by atoms with E-state index in [-0.39, 0.29) is 23.0 Å². The number of anilines is 1. The molecule has 0 atom stereocenters. The molecule has 6 heteroatoms. The van der Waals surface area contributed by atoms with Crippen LogP contribution in [0.2, 0.25) is 0 Å². The Morgan fingerprint density at radius 2 is 1.84 bits per heavy atom. The van der Waals surface area contributed by atoms with Gasteiger partial charge in [0.1, 0.15) is 0 Å². The average Bonchev–Trinajstić information content (AvgIpc) is 2.37. The highest BCUT2D eigenvalue weighted by atomic mass is 127. The molecule has 0 heterocycles. The topological polar surface area (TPSA) is 69.6 Å². The first kappa shape index (κ1) is 14.1. The van der Waals surface area contributed by atoms with E-state index < -0.39 is 0 Å². The van der Waals surface area contributed by atoms with Crippen LogP contribution in [0.4, 0.5) is 5.69 Å². The minimum atomic E-state index is -0.355. The standard InChI is InChI=1S/C13H9BrINO3/c14-8-2-3-9(15)10(6-8)16-13(19)7-1-4-11(17)12(18)5-7/h1-6,17-18H,(H,16,19). The lowest BCUT2D eigenvalue weighted by Gasteiger charge is -2.08. The van der Waals surface area contributed by atoms with Gasteiger partial charge in [-0.1, -0.05) is 15.9 Å². The number of nitrogens with one attached hydrogen (secondary N) is 1. The van der Waals surface area contributed by atoms with E-state index in [0.717, 1.165) is 8.04 Å². The summed E-state index contributed by atoms with van der Waals surface area (Å²) in [6.07, 6.45) is 0. The van der Waals surface area contributed by atoms with E-state index in [0.29, 0.717) is 5.69 Å². The van der Waals surface area contributed by atoms with E-state index in [4.69, 9.17) is 0 Å². The van der Waals surface area contributed by atoms with Gasteiger partial charge in [-0.25, -0.2) is 0 Å². The van der Waals surface area contributed by atoms with Crippen LogP contribution in [0.25, 0.3) is 0 Å². The molecule has 0 aliphatic heterocycles. The number of carbonyl (C=O) groups excluding carboxylic acids is 1. The second kappa shape index (κ2) is 5.79. The monoisotopic (exact) mass is 433 g/mol. The van der Waals surface area contributed by atoms with Crippen molar-refractivity contribution in [3.05, 3.63) is 50.0 Å². The van der Waals surface area contributed by atoms with Crippen LogP contribution in [0.15, 0.2) is 40.9 Å². The van der Waals surface area contributed by atoms with Gasteiger partial charge in [0.25, 0.3) is 5.91 Å². The molecule has 2 aromatic carbocycles. The van der Waals surface area contributed by atoms with Crippen LogP contribution in [0.3, 0.4) is 0 Å². The van der Waals surface area contributed by atoms with Gasteiger partial charge in [0.15, 0.2) is 11.5 Å². The lowest BCUT2D eigenvalue weighted by molar-refractivity contribution is 0.102. The molecule has 4 nitrogen and oxygen atoms in total. The highest BCUT2D eigenvalue weighted by Crippen LogP contribution is 2.27. The quantitative estimate of drug-likeness (QED) is 0.499. The summed E-state index contributed by atoms with van der Waals surface area (Å²) >= 11 is 5.45. The van der Waals surface area contributed by atoms with Crippen molar-refractivity contribution in [3.63, 3.8) is 0 Å². The Kier molecular flexibility index (Phi) is 4.31. The van der Waals surface area contributed by atoms with Crippen molar-refractivity contribution in [2.45, 2.75) is 0 Å². The summed E-state index contributed by atoms with van der Waals surface area (Å²) in [7, 11) is 0. The smallest absolute Gasteiger partial charge is 0.255 e. The summed E-state index contributed by atoms with van der Waals surface area (Å²) in [5, 5.41) is 21.3. The van der Waals surface area contributed by atoms with E-state index in [1.54, 1.807) is 6.07 Å². The van der Waals surface area contributed by atoms with Gasteiger partial charge in [0.2, 0.25) is 0 Å². The van der Waals surface area contributed by atoms with Crippen LogP contribution in [-0.2, 0) is 0 Å². The largest absolute Gasteiger partial charge is 0.504 e. The van der Waals surface area contributed by atoms with E-state index >= 15 is 0 Å². The fourth-order valence-electron chi connectivity index (χ4n) is 1.45. The highest BCUT2D eigenvalue weighted by molar-refractivity contribution is 14.1. The first-order chi connectivity index (χ1) is 8.97. The summed E-state index contributed by atoms with van der Waals surface area (Å²) in [5.41, 5.74) is 0.943. The zero-order chi connectivity index (χ0) is 14.0. The van der Waals surface area contributed by atoms with Crippen molar-refractivity contribution < 1.29 is 15.0 Å². The normalized spacial score (nSPS) is 10.2. The molecule has 2 rings (SSSR count). The number of phenols is 2. The van der Waals surface area contributed by atoms with Gasteiger partial charge in [0.05, 0.1) is 5.69 Å². The minimum Gasteiger partial charge on any atom is -0.504 e. The number of benzene rings is 2. The van der Waals surface area contributed by atoms with Gasteiger partial charge >= 0.3 is 0 Å². The van der Waals surface area contributed by atoms with E-state index in [9.17, 15) is 15.0 Å². The Labute approximate surface area is 131 Å². The van der Waals surface area contributed by atoms with Crippen molar-refractivity contribution in [2.75, 3.05) is 5.32 Å². The Hall–Kier alpha value is -1.28. The molecular formula is C13H9BrINO3. The second-order valence-corrected chi connectivity index (χ2v) is 5.86. The molecule has 0 aromatic heterocycles. The fraction of sp³-hybridized carbons (Fsp3) is 0. The molecule has 0 spiro atoms. The molecule has 0 saturated carbocycles. The Bertz CT molecular complexity index is 646. The van der Waals surface area contributed by atoms with E-state index in [1.165, 1.54) is 18.2 Å². The molecule has 0 saturated heterocycles. The molecule has 3 N–H and O–H groups in total. The zero-order valence-corrected chi connectivity index (χ0v) is 13.3. The van der Waals surface area contributed by atoms with Crippen molar-refractivity contribution in [1.29, 1.82) is 0 Å². The summed E-state index contributed by atoms with van der Waals surface area (Å²) < 4.78 is 1.76. The summed E-state index contributed by atoms with van der Waals surface area (Å²) in [6, 6.07) is 9.47. The van der Waals surface area contributed by atoms with Crippen molar-refractivity contribution >= 4 is 50.1 Å². The number of phenolic OH excluding ortho intramolecular Hbond substituents is 2. The molecule has 98 valence electrons. The molecule has 0 aliphatic rings. The molecule has 0 radical (unpaired) electrons. The summed E-state index contributed by atoms with van der Waals surface area (Å²) in [5.74, 6) is -0.934. The third-order valence-electron chi connectivity index (χ3n) is 2.41. The first-order valence-electron chi connectivity index (χ1n) is 5.26. The van der Waals surface area contributed by atoms with Crippen LogP contribution >= 0.6 is 38.5 Å². The van der Waals surface area contributed by atoms with Crippen molar-refractivity contribution in [1.82, 2.24) is 0 Å². The second-order valence-electron chi connectivity index (χ2n) is 3.78. The maximum Gasteiger partial charge on any atom is 0.255 e. The van der Waals surface area contributed by atoms with Gasteiger partial charge in [-0.15, -0.1) is 0 Å². The number of amides is 1. The lowest BCUT2D eigenvalue weighted by atomic mass is 10.2. The molecule has 0 aliphatic carbocycles. The van der Waals surface area contributed by atoms with Crippen molar-refractivity contribution in [2.24, 2.45) is 0 Å². The van der Waals surface area contributed by atoms with Crippen LogP contribution < -0.4 is 5.32 Å². The molecule has 19 heavy (non-hydrogen) atoms. The molecule has 2 aromatic rings. The summed E-state index contributed by atoms with van der Waals surface area (Å²) in [4.78, 5) is 12.0. The maximum atomic E-state index is 12.0. The number of halogens is 2. The van der Waals surface area contributed by atoms with Gasteiger partial charge in [-0.2, -0.15) is 0 Å². The average molecular weight is 434 g/mol. The predicted octanol–water partition coefficient (Wildman–Crippen LogP) is 3.72. The number of hydrogen-bond acceptors (Lipinski definition) is 3. The van der Waals surface area contributed by atoms with Crippen LogP contribution in [0, 0.1) is 3.57 Å². The lowest BCUT2D eigenvalue weighted by Crippen LogP contribution is -2.12. The van der Waals surface area contributed by atoms with Crippen LogP contribution in [-0.4, -0.2) is 16.1 Å². The van der Waals surface area contributed by atoms with Gasteiger partial charge in [-0.05, 0) is 59.0 Å². The molecule has 1 amide bonds. The third kappa shape index (κ3) is 3.38. The number of hydrogen-bond donors (Lipinski definition) is 3. The van der Waals surface area contributed by atoms with Gasteiger partial charge < -0.3 is 15.5 Å². The summed E-state index contributed by atoms with van der Waals surface area (Å²) in [6.45, 7) is 0. The highest BCUT2D eigenvalue weighted by Gasteiger charge is 2.11. The SMILES string of the molecule is O=C(Nc1cc(Br)ccc1I)c1ccc(O)c(O)c1. The van der Waals surface area contributed by atoms with Gasteiger partial charge in [-0.3, -0.25) is 4.79 Å². The van der Waals surface area contributed by atoms with E-state index in [2.05, 4.69) is 43.8 Å². The first-order valence-corrected chi connectivity index (χ1v) is 7.13. The zero-order valence-electron chi connectivity index (χ0n) is 9.52. The van der Waals surface area contributed by atoms with E-state index in [1.807, 2.05) is 12.1 Å². The Morgan fingerprint density at radius 3 is 2.53 bits per heavy atom. The number of aromatic hydroxyl groups is 2. The molecular weight excluding hydrogens is 425 g/mol. The number of carbonyl (C=O) groups is 1. The molecule has 0 unspecified atom stereocenters. The number of rotatable bonds is 2. The minimum absolute atomic E-state index is 0.256. The maximum absolute atomic E-state index is 12.0. The Balaban J connectivity index is 2.25. The van der Waals surface area contributed by atoms with Crippen LogP contribution in [0.5, 0.6) is 11.5 Å². The molecule has 0 fully saturated rings. The van der Waals surface area contributed by atoms with Crippen LogP contribution in [0.1, 0.15) is 10.4 Å². The van der Waals surface area contributed by atoms with Gasteiger partial charge in [0, 0.05) is 13.6 Å². The molecule has 0 bridgehead atoms. The third-order valence-corrected chi connectivity index (χ3v) is 3.85. The predicted molar refractivity (Wildman–Crippen MR) is 84.6 cm³/mol. The van der Waals surface area contributed by atoms with Crippen molar-refractivity contribution in [3.8, 4) is 11.5 Å².